The Bertz CT molecular complexity index is 659. The number of carbonyl (C=O) groups is 1. The van der Waals surface area contributed by atoms with Gasteiger partial charge in [-0.25, -0.2) is 0 Å². The van der Waals surface area contributed by atoms with Crippen molar-refractivity contribution in [2.75, 3.05) is 18.2 Å². The lowest BCUT2D eigenvalue weighted by molar-refractivity contribution is -0.113. The van der Waals surface area contributed by atoms with Crippen molar-refractivity contribution in [3.63, 3.8) is 0 Å². The Hall–Kier alpha value is -2.35. The lowest BCUT2D eigenvalue weighted by atomic mass is 10.3. The van der Waals surface area contributed by atoms with Gasteiger partial charge in [-0.2, -0.15) is 5.10 Å². The molecule has 0 fully saturated rings. The maximum atomic E-state index is 11.8. The highest BCUT2D eigenvalue weighted by molar-refractivity contribution is 7.99. The summed E-state index contributed by atoms with van der Waals surface area (Å²) >= 11 is 1.09. The number of thioether (sulfide) groups is 1. The molecule has 0 saturated carbocycles. The molecule has 0 aliphatic carbocycles. The van der Waals surface area contributed by atoms with Gasteiger partial charge in [-0.1, -0.05) is 23.9 Å². The summed E-state index contributed by atoms with van der Waals surface area (Å²) in [6.07, 6.45) is 1.07. The van der Waals surface area contributed by atoms with E-state index in [4.69, 9.17) is 4.74 Å². The monoisotopic (exact) mass is 292 g/mol. The van der Waals surface area contributed by atoms with E-state index >= 15 is 0 Å². The number of amides is 1. The fourth-order valence-corrected chi connectivity index (χ4v) is 2.05. The first-order chi connectivity index (χ1) is 9.69. The fourth-order valence-electron chi connectivity index (χ4n) is 1.43. The third-order valence-electron chi connectivity index (χ3n) is 2.27. The van der Waals surface area contributed by atoms with Gasteiger partial charge in [0.05, 0.1) is 18.6 Å². The molecule has 0 saturated heterocycles. The van der Waals surface area contributed by atoms with Crippen LogP contribution in [0.25, 0.3) is 0 Å². The molecule has 0 radical (unpaired) electrons. The summed E-state index contributed by atoms with van der Waals surface area (Å²) in [5.74, 6) is 0.455. The Balaban J connectivity index is 1.94. The SMILES string of the molecule is COc1ccccc1NC(=O)CSc1nncc(=O)[nH]1. The molecule has 0 aliphatic rings. The molecule has 1 aromatic carbocycles. The van der Waals surface area contributed by atoms with E-state index in [1.807, 2.05) is 6.07 Å². The van der Waals surface area contributed by atoms with Gasteiger partial charge in [0.1, 0.15) is 11.9 Å². The van der Waals surface area contributed by atoms with E-state index in [-0.39, 0.29) is 17.2 Å². The molecule has 1 heterocycles. The number of aromatic nitrogens is 3. The number of methoxy groups -OCH3 is 1. The number of H-pyrrole nitrogens is 1. The zero-order chi connectivity index (χ0) is 14.4. The molecule has 7 nitrogen and oxygen atoms in total. The number of rotatable bonds is 5. The maximum absolute atomic E-state index is 11.8. The van der Waals surface area contributed by atoms with E-state index in [2.05, 4.69) is 20.5 Å². The molecule has 0 atom stereocenters. The highest BCUT2D eigenvalue weighted by Crippen LogP contribution is 2.23. The van der Waals surface area contributed by atoms with Crippen molar-refractivity contribution in [1.29, 1.82) is 0 Å². The predicted octanol–water partition coefficient (Wildman–Crippen LogP) is 0.904. The average Bonchev–Trinajstić information content (AvgIpc) is 2.46. The molecule has 1 amide bonds. The van der Waals surface area contributed by atoms with Gasteiger partial charge in [-0.3, -0.25) is 14.6 Å². The van der Waals surface area contributed by atoms with Crippen LogP contribution in [0.4, 0.5) is 5.69 Å². The summed E-state index contributed by atoms with van der Waals surface area (Å²) < 4.78 is 5.13. The van der Waals surface area contributed by atoms with E-state index in [0.717, 1.165) is 18.0 Å². The van der Waals surface area contributed by atoms with Crippen molar-refractivity contribution < 1.29 is 9.53 Å². The van der Waals surface area contributed by atoms with Gasteiger partial charge < -0.3 is 10.1 Å². The molecule has 2 aromatic rings. The minimum atomic E-state index is -0.354. The van der Waals surface area contributed by atoms with Crippen LogP contribution in [0.15, 0.2) is 40.4 Å². The second-order valence-electron chi connectivity index (χ2n) is 3.68. The number of nitrogens with zero attached hydrogens (tertiary/aromatic N) is 2. The lowest BCUT2D eigenvalue weighted by Crippen LogP contribution is -2.16. The summed E-state index contributed by atoms with van der Waals surface area (Å²) in [5.41, 5.74) is 0.237. The molecule has 1 aromatic heterocycles. The van der Waals surface area contributed by atoms with Gasteiger partial charge in [0.25, 0.3) is 5.56 Å². The van der Waals surface area contributed by atoms with Crippen LogP contribution in [0.2, 0.25) is 0 Å². The number of carbonyl (C=O) groups excluding carboxylic acids is 1. The molecule has 0 bridgehead atoms. The van der Waals surface area contributed by atoms with E-state index < -0.39 is 0 Å². The number of benzene rings is 1. The van der Waals surface area contributed by atoms with Crippen LogP contribution in [0.3, 0.4) is 0 Å². The summed E-state index contributed by atoms with van der Waals surface area (Å²) in [4.78, 5) is 25.3. The van der Waals surface area contributed by atoms with Crippen molar-refractivity contribution in [1.82, 2.24) is 15.2 Å². The van der Waals surface area contributed by atoms with Crippen molar-refractivity contribution >= 4 is 23.4 Å². The molecule has 2 rings (SSSR count). The van der Waals surface area contributed by atoms with Gasteiger partial charge in [0, 0.05) is 0 Å². The quantitative estimate of drug-likeness (QED) is 0.795. The highest BCUT2D eigenvalue weighted by atomic mass is 32.2. The Morgan fingerprint density at radius 2 is 2.25 bits per heavy atom. The van der Waals surface area contributed by atoms with Crippen LogP contribution >= 0.6 is 11.8 Å². The number of hydrogen-bond acceptors (Lipinski definition) is 6. The fraction of sp³-hybridized carbons (Fsp3) is 0.167. The zero-order valence-electron chi connectivity index (χ0n) is 10.6. The molecule has 2 N–H and O–H groups in total. The summed E-state index contributed by atoms with van der Waals surface area (Å²) in [6, 6.07) is 7.10. The van der Waals surface area contributed by atoms with E-state index in [9.17, 15) is 9.59 Å². The zero-order valence-corrected chi connectivity index (χ0v) is 11.4. The molecule has 8 heteroatoms. The summed E-state index contributed by atoms with van der Waals surface area (Å²) in [7, 11) is 1.53. The van der Waals surface area contributed by atoms with Crippen LogP contribution in [-0.4, -0.2) is 34.0 Å². The molecular weight excluding hydrogens is 280 g/mol. The number of nitrogens with one attached hydrogen (secondary N) is 2. The van der Waals surface area contributed by atoms with Crippen molar-refractivity contribution in [3.8, 4) is 5.75 Å². The normalized spacial score (nSPS) is 10.1. The van der Waals surface area contributed by atoms with Crippen LogP contribution in [-0.2, 0) is 4.79 Å². The van der Waals surface area contributed by atoms with Crippen LogP contribution in [0.1, 0.15) is 0 Å². The molecular formula is C12H12N4O3S. The van der Waals surface area contributed by atoms with Gasteiger partial charge in [-0.15, -0.1) is 5.10 Å². The number of aromatic amines is 1. The van der Waals surface area contributed by atoms with E-state index in [1.54, 1.807) is 18.2 Å². The minimum absolute atomic E-state index is 0.104. The smallest absolute Gasteiger partial charge is 0.270 e. The standard InChI is InChI=1S/C12H12N4O3S/c1-19-9-5-3-2-4-8(9)14-11(18)7-20-12-15-10(17)6-13-16-12/h2-6H,7H2,1H3,(H,14,18)(H,15,16,17). The summed E-state index contributed by atoms with van der Waals surface area (Å²) in [5, 5.41) is 10.2. The number of anilines is 1. The first-order valence-electron chi connectivity index (χ1n) is 5.66. The van der Waals surface area contributed by atoms with Gasteiger partial charge >= 0.3 is 0 Å². The molecule has 20 heavy (non-hydrogen) atoms. The number of ether oxygens (including phenoxy) is 1. The Morgan fingerprint density at radius 3 is 3.00 bits per heavy atom. The van der Waals surface area contributed by atoms with Gasteiger partial charge in [0.15, 0.2) is 5.16 Å². The molecule has 0 aliphatic heterocycles. The molecule has 0 unspecified atom stereocenters. The van der Waals surface area contributed by atoms with Crippen molar-refractivity contribution in [2.24, 2.45) is 0 Å². The third-order valence-corrected chi connectivity index (χ3v) is 3.14. The third kappa shape index (κ3) is 3.82. The van der Waals surface area contributed by atoms with Crippen LogP contribution in [0.5, 0.6) is 5.75 Å². The van der Waals surface area contributed by atoms with Crippen molar-refractivity contribution in [2.45, 2.75) is 5.16 Å². The number of hydrogen-bond donors (Lipinski definition) is 2. The van der Waals surface area contributed by atoms with E-state index in [1.165, 1.54) is 7.11 Å². The second kappa shape index (κ2) is 6.71. The van der Waals surface area contributed by atoms with Gasteiger partial charge in [-0.05, 0) is 12.1 Å². The van der Waals surface area contributed by atoms with Gasteiger partial charge in [0.2, 0.25) is 5.91 Å². The highest BCUT2D eigenvalue weighted by Gasteiger charge is 2.08. The van der Waals surface area contributed by atoms with Crippen LogP contribution < -0.4 is 15.6 Å². The summed E-state index contributed by atoms with van der Waals surface area (Å²) in [6.45, 7) is 0. The Morgan fingerprint density at radius 1 is 1.45 bits per heavy atom. The lowest BCUT2D eigenvalue weighted by Gasteiger charge is -2.09. The van der Waals surface area contributed by atoms with Crippen molar-refractivity contribution in [3.05, 3.63) is 40.8 Å². The Labute approximate surface area is 118 Å². The van der Waals surface area contributed by atoms with E-state index in [0.29, 0.717) is 16.6 Å². The molecule has 104 valence electrons. The first-order valence-corrected chi connectivity index (χ1v) is 6.65. The topological polar surface area (TPSA) is 97.0 Å². The van der Waals surface area contributed by atoms with Crippen LogP contribution in [0, 0.1) is 0 Å². The minimum Gasteiger partial charge on any atom is -0.495 e. The molecule has 0 spiro atoms. The average molecular weight is 292 g/mol. The first kappa shape index (κ1) is 14.1. The maximum Gasteiger partial charge on any atom is 0.270 e. The number of para-hydroxylation sites is 2. The Kier molecular flexibility index (Phi) is 4.72. The second-order valence-corrected chi connectivity index (χ2v) is 4.64. The predicted molar refractivity (Wildman–Crippen MR) is 75.0 cm³/mol. The largest absolute Gasteiger partial charge is 0.495 e.